The summed E-state index contributed by atoms with van der Waals surface area (Å²) in [7, 11) is 0. The molecule has 1 N–H and O–H groups in total. The summed E-state index contributed by atoms with van der Waals surface area (Å²) < 4.78 is 5.71. The van der Waals surface area contributed by atoms with Gasteiger partial charge in [0.25, 0.3) is 0 Å². The molecular formula is C16H20O3. The number of carbonyl (C=O) groups excluding carboxylic acids is 1. The monoisotopic (exact) mass is 260 g/mol. The first-order chi connectivity index (χ1) is 9.01. The van der Waals surface area contributed by atoms with Gasteiger partial charge in [-0.3, -0.25) is 4.79 Å². The molecule has 0 saturated carbocycles. The van der Waals surface area contributed by atoms with Crippen LogP contribution in [0.3, 0.4) is 0 Å². The van der Waals surface area contributed by atoms with E-state index in [1.54, 1.807) is 0 Å². The fraction of sp³-hybridized carbons (Fsp3) is 0.438. The average Bonchev–Trinajstić information content (AvgIpc) is 2.26. The third-order valence-corrected chi connectivity index (χ3v) is 3.43. The maximum absolute atomic E-state index is 11.6. The molecule has 2 rings (SSSR count). The number of ether oxygens (including phenoxy) is 1. The fourth-order valence-corrected chi connectivity index (χ4v) is 2.81. The van der Waals surface area contributed by atoms with E-state index in [0.29, 0.717) is 19.4 Å². The molecule has 1 unspecified atom stereocenters. The highest BCUT2D eigenvalue weighted by Gasteiger charge is 2.26. The molecule has 1 aromatic carbocycles. The van der Waals surface area contributed by atoms with Gasteiger partial charge in [-0.2, -0.15) is 0 Å². The number of aryl methyl sites for hydroxylation is 2. The van der Waals surface area contributed by atoms with Gasteiger partial charge in [0.1, 0.15) is 5.75 Å². The minimum absolute atomic E-state index is 0.0136. The van der Waals surface area contributed by atoms with Crippen molar-refractivity contribution >= 4 is 5.78 Å². The van der Waals surface area contributed by atoms with Gasteiger partial charge < -0.3 is 9.84 Å². The zero-order valence-electron chi connectivity index (χ0n) is 11.7. The molecule has 0 aliphatic heterocycles. The van der Waals surface area contributed by atoms with Crippen LogP contribution in [0.25, 0.3) is 0 Å². The van der Waals surface area contributed by atoms with E-state index in [4.69, 9.17) is 4.74 Å². The summed E-state index contributed by atoms with van der Waals surface area (Å²) in [6, 6.07) is 4.10. The number of carbonyl (C=O) groups is 1. The summed E-state index contributed by atoms with van der Waals surface area (Å²) in [4.78, 5) is 11.6. The lowest BCUT2D eigenvalue weighted by molar-refractivity contribution is -0.115. The maximum atomic E-state index is 11.6. The first kappa shape index (κ1) is 13.7. The van der Waals surface area contributed by atoms with Crippen LogP contribution < -0.4 is 4.74 Å². The first-order valence-electron chi connectivity index (χ1n) is 6.67. The predicted molar refractivity (Wildman–Crippen MR) is 74.8 cm³/mol. The number of hydrogen-bond acceptors (Lipinski definition) is 3. The van der Waals surface area contributed by atoms with Gasteiger partial charge in [0, 0.05) is 30.4 Å². The van der Waals surface area contributed by atoms with Crippen molar-refractivity contribution in [3.63, 3.8) is 0 Å². The quantitative estimate of drug-likeness (QED) is 0.903. The highest BCUT2D eigenvalue weighted by atomic mass is 16.5. The summed E-state index contributed by atoms with van der Waals surface area (Å²) >= 11 is 0. The van der Waals surface area contributed by atoms with E-state index >= 15 is 0 Å². The van der Waals surface area contributed by atoms with E-state index in [0.717, 1.165) is 22.4 Å². The Bertz CT molecular complexity index is 529. The van der Waals surface area contributed by atoms with Gasteiger partial charge in [0.15, 0.2) is 5.78 Å². The minimum atomic E-state index is -0.0174. The van der Waals surface area contributed by atoms with Crippen LogP contribution in [-0.2, 0) is 4.79 Å². The zero-order valence-corrected chi connectivity index (χ0v) is 11.7. The highest BCUT2D eigenvalue weighted by Crippen LogP contribution is 2.38. The lowest BCUT2D eigenvalue weighted by atomic mass is 9.83. The molecule has 1 aliphatic carbocycles. The van der Waals surface area contributed by atoms with Gasteiger partial charge >= 0.3 is 0 Å². The Hall–Kier alpha value is -1.77. The van der Waals surface area contributed by atoms with Crippen molar-refractivity contribution in [3.05, 3.63) is 40.7 Å². The second kappa shape index (κ2) is 5.47. The number of allylic oxidation sites excluding steroid dienone is 2. The van der Waals surface area contributed by atoms with Gasteiger partial charge in [-0.25, -0.2) is 0 Å². The Balaban J connectivity index is 2.43. The largest absolute Gasteiger partial charge is 0.512 e. The van der Waals surface area contributed by atoms with Gasteiger partial charge in [-0.1, -0.05) is 6.07 Å². The lowest BCUT2D eigenvalue weighted by Gasteiger charge is -2.24. The Morgan fingerprint density at radius 3 is 2.68 bits per heavy atom. The van der Waals surface area contributed by atoms with E-state index in [2.05, 4.69) is 6.07 Å². The number of rotatable bonds is 3. The van der Waals surface area contributed by atoms with Crippen LogP contribution in [0.5, 0.6) is 5.75 Å². The second-order valence-electron chi connectivity index (χ2n) is 5.13. The Morgan fingerprint density at radius 1 is 1.32 bits per heavy atom. The highest BCUT2D eigenvalue weighted by molar-refractivity contribution is 5.91. The van der Waals surface area contributed by atoms with Crippen molar-refractivity contribution in [1.29, 1.82) is 0 Å². The Kier molecular flexibility index (Phi) is 3.93. The summed E-state index contributed by atoms with van der Waals surface area (Å²) in [5, 5.41) is 9.68. The molecule has 1 aliphatic rings. The molecule has 0 amide bonds. The minimum Gasteiger partial charge on any atom is -0.512 e. The molecule has 1 atom stereocenters. The van der Waals surface area contributed by atoms with Crippen LogP contribution in [0.15, 0.2) is 24.0 Å². The van der Waals surface area contributed by atoms with E-state index < -0.39 is 0 Å². The summed E-state index contributed by atoms with van der Waals surface area (Å²) in [5.74, 6) is 1.01. The van der Waals surface area contributed by atoms with Gasteiger partial charge in [-0.15, -0.1) is 0 Å². The number of benzene rings is 1. The van der Waals surface area contributed by atoms with E-state index in [9.17, 15) is 9.90 Å². The van der Waals surface area contributed by atoms with Crippen molar-refractivity contribution in [1.82, 2.24) is 0 Å². The van der Waals surface area contributed by atoms with Crippen molar-refractivity contribution in [2.75, 3.05) is 6.61 Å². The van der Waals surface area contributed by atoms with Gasteiger partial charge in [0.2, 0.25) is 0 Å². The van der Waals surface area contributed by atoms with E-state index in [1.807, 2.05) is 26.8 Å². The molecule has 102 valence electrons. The Morgan fingerprint density at radius 2 is 2.05 bits per heavy atom. The van der Waals surface area contributed by atoms with Gasteiger partial charge in [-0.05, 0) is 38.0 Å². The molecule has 19 heavy (non-hydrogen) atoms. The lowest BCUT2D eigenvalue weighted by Crippen LogP contribution is -2.15. The number of aliphatic hydroxyl groups is 1. The third-order valence-electron chi connectivity index (χ3n) is 3.43. The standard InChI is InChI=1S/C16H20O3/c1-4-19-15-6-10(2)5-11(3)16(15)12-7-13(17)9-14(18)8-12/h5-6,9,12,17H,4,7-8H2,1-3H3. The molecule has 0 spiro atoms. The first-order valence-corrected chi connectivity index (χ1v) is 6.67. The van der Waals surface area contributed by atoms with Gasteiger partial charge in [0.05, 0.1) is 12.4 Å². The molecule has 0 saturated heterocycles. The molecular weight excluding hydrogens is 240 g/mol. The van der Waals surface area contributed by atoms with Crippen LogP contribution in [0.4, 0.5) is 0 Å². The molecule has 0 aromatic heterocycles. The van der Waals surface area contributed by atoms with E-state index in [-0.39, 0.29) is 17.5 Å². The van der Waals surface area contributed by atoms with Crippen LogP contribution in [-0.4, -0.2) is 17.5 Å². The van der Waals surface area contributed by atoms with E-state index in [1.165, 1.54) is 6.08 Å². The average molecular weight is 260 g/mol. The van der Waals surface area contributed by atoms with Crippen LogP contribution in [0.1, 0.15) is 42.4 Å². The predicted octanol–water partition coefficient (Wildman–Crippen LogP) is 3.59. The molecule has 3 heteroatoms. The second-order valence-corrected chi connectivity index (χ2v) is 5.13. The van der Waals surface area contributed by atoms with Crippen LogP contribution >= 0.6 is 0 Å². The Labute approximate surface area is 113 Å². The smallest absolute Gasteiger partial charge is 0.159 e. The van der Waals surface area contributed by atoms with Crippen molar-refractivity contribution in [2.24, 2.45) is 0 Å². The summed E-state index contributed by atoms with van der Waals surface area (Å²) in [5.41, 5.74) is 3.32. The number of hydrogen-bond donors (Lipinski definition) is 1. The molecule has 1 aromatic rings. The SMILES string of the molecule is CCOc1cc(C)cc(C)c1C1CC(=O)C=C(O)C1. The van der Waals surface area contributed by atoms with Crippen LogP contribution in [0.2, 0.25) is 0 Å². The maximum Gasteiger partial charge on any atom is 0.159 e. The molecule has 3 nitrogen and oxygen atoms in total. The fourth-order valence-electron chi connectivity index (χ4n) is 2.81. The van der Waals surface area contributed by atoms with Crippen molar-refractivity contribution < 1.29 is 14.6 Å². The normalized spacial score (nSPS) is 19.2. The number of aliphatic hydroxyl groups excluding tert-OH is 1. The summed E-state index contributed by atoms with van der Waals surface area (Å²) in [6.45, 7) is 6.61. The zero-order chi connectivity index (χ0) is 14.0. The van der Waals surface area contributed by atoms with Crippen LogP contribution in [0, 0.1) is 13.8 Å². The molecule has 0 heterocycles. The topological polar surface area (TPSA) is 46.5 Å². The number of ketones is 1. The molecule has 0 fully saturated rings. The summed E-state index contributed by atoms with van der Waals surface area (Å²) in [6.07, 6.45) is 2.28. The molecule has 0 radical (unpaired) electrons. The van der Waals surface area contributed by atoms with Crippen molar-refractivity contribution in [2.45, 2.75) is 39.5 Å². The molecule has 0 bridgehead atoms. The van der Waals surface area contributed by atoms with Crippen molar-refractivity contribution in [3.8, 4) is 5.75 Å². The third kappa shape index (κ3) is 2.98.